The summed E-state index contributed by atoms with van der Waals surface area (Å²) in [5.74, 6) is -1.21. The fourth-order valence-corrected chi connectivity index (χ4v) is 4.89. The highest BCUT2D eigenvalue weighted by molar-refractivity contribution is 7.89. The molecule has 1 aromatic heterocycles. The molecule has 0 bridgehead atoms. The topological polar surface area (TPSA) is 86.7 Å². The maximum absolute atomic E-state index is 12.3. The van der Waals surface area contributed by atoms with Crippen molar-refractivity contribution in [1.29, 1.82) is 0 Å². The maximum atomic E-state index is 12.3. The molecule has 1 aliphatic heterocycles. The molecule has 6 nitrogen and oxygen atoms in total. The molecule has 8 heteroatoms. The summed E-state index contributed by atoms with van der Waals surface area (Å²) >= 11 is 0.921. The lowest BCUT2D eigenvalue weighted by molar-refractivity contribution is 0.0698. The summed E-state index contributed by atoms with van der Waals surface area (Å²) in [4.78, 5) is 12.9. The van der Waals surface area contributed by atoms with Crippen LogP contribution in [0.1, 0.15) is 29.4 Å². The molecular weight excluding hydrogens is 300 g/mol. The normalized spacial score (nSPS) is 24.7. The van der Waals surface area contributed by atoms with E-state index in [0.717, 1.165) is 30.7 Å². The second-order valence-electron chi connectivity index (χ2n) is 5.09. The zero-order valence-corrected chi connectivity index (χ0v) is 13.0. The number of carbonyl (C=O) groups is 1. The average Bonchev–Trinajstić information content (AvgIpc) is 2.83. The third kappa shape index (κ3) is 3.20. The number of thiophene rings is 1. The summed E-state index contributed by atoms with van der Waals surface area (Å²) < 4.78 is 27.2. The summed E-state index contributed by atoms with van der Waals surface area (Å²) in [5, 5.41) is 10.5. The van der Waals surface area contributed by atoms with Crippen molar-refractivity contribution in [2.24, 2.45) is 0 Å². The van der Waals surface area contributed by atoms with Crippen LogP contribution in [0.25, 0.3) is 0 Å². The highest BCUT2D eigenvalue weighted by Crippen LogP contribution is 2.24. The van der Waals surface area contributed by atoms with Crippen molar-refractivity contribution in [2.45, 2.75) is 36.7 Å². The van der Waals surface area contributed by atoms with Crippen molar-refractivity contribution in [3.63, 3.8) is 0 Å². The van der Waals surface area contributed by atoms with Gasteiger partial charge in [0.25, 0.3) is 0 Å². The molecule has 20 heavy (non-hydrogen) atoms. The molecule has 1 fully saturated rings. The summed E-state index contributed by atoms with van der Waals surface area (Å²) in [7, 11) is -1.76. The second kappa shape index (κ2) is 5.80. The first kappa shape index (κ1) is 15.4. The Bertz CT molecular complexity index is 596. The number of rotatable bonds is 4. The van der Waals surface area contributed by atoms with Crippen molar-refractivity contribution >= 4 is 27.3 Å². The molecule has 0 saturated carbocycles. The van der Waals surface area contributed by atoms with Crippen molar-refractivity contribution in [3.8, 4) is 0 Å². The number of piperidine rings is 1. The van der Waals surface area contributed by atoms with Crippen LogP contribution >= 0.6 is 11.3 Å². The zero-order valence-electron chi connectivity index (χ0n) is 11.4. The van der Waals surface area contributed by atoms with Gasteiger partial charge in [-0.25, -0.2) is 17.9 Å². The van der Waals surface area contributed by atoms with E-state index < -0.39 is 16.0 Å². The summed E-state index contributed by atoms with van der Waals surface area (Å²) in [5.41, 5.74) is 0. The third-order valence-electron chi connectivity index (χ3n) is 3.64. The van der Waals surface area contributed by atoms with Gasteiger partial charge in [-0.15, -0.1) is 11.3 Å². The average molecular weight is 318 g/mol. The van der Waals surface area contributed by atoms with Gasteiger partial charge < -0.3 is 10.0 Å². The van der Waals surface area contributed by atoms with Crippen molar-refractivity contribution < 1.29 is 18.3 Å². The Balaban J connectivity index is 2.15. The summed E-state index contributed by atoms with van der Waals surface area (Å²) in [6.07, 6.45) is 1.45. The van der Waals surface area contributed by atoms with E-state index in [9.17, 15) is 13.2 Å². The van der Waals surface area contributed by atoms with Gasteiger partial charge in [-0.2, -0.15) is 0 Å². The van der Waals surface area contributed by atoms with E-state index >= 15 is 0 Å². The first-order valence-corrected chi connectivity index (χ1v) is 8.71. The van der Waals surface area contributed by atoms with E-state index in [1.807, 2.05) is 14.0 Å². The molecule has 0 aromatic carbocycles. The monoisotopic (exact) mass is 318 g/mol. The van der Waals surface area contributed by atoms with Gasteiger partial charge in [-0.1, -0.05) is 0 Å². The van der Waals surface area contributed by atoms with Crippen LogP contribution in [0.15, 0.2) is 16.3 Å². The second-order valence-corrected chi connectivity index (χ2v) is 7.69. The SMILES string of the molecule is CC1CC(NS(=O)(=O)c2ccsc2C(=O)O)CCN1C. The van der Waals surface area contributed by atoms with Crippen LogP contribution in [0.4, 0.5) is 0 Å². The molecular formula is C12H18N2O4S2. The van der Waals surface area contributed by atoms with E-state index in [1.54, 1.807) is 0 Å². The first-order chi connectivity index (χ1) is 9.31. The summed E-state index contributed by atoms with van der Waals surface area (Å²) in [6, 6.07) is 1.50. The van der Waals surface area contributed by atoms with Crippen LogP contribution in [0.5, 0.6) is 0 Å². The first-order valence-electron chi connectivity index (χ1n) is 6.34. The molecule has 2 unspecified atom stereocenters. The molecule has 112 valence electrons. The van der Waals surface area contributed by atoms with E-state index in [-0.39, 0.29) is 15.8 Å². The van der Waals surface area contributed by atoms with Gasteiger partial charge in [0, 0.05) is 12.1 Å². The quantitative estimate of drug-likeness (QED) is 0.871. The van der Waals surface area contributed by atoms with Gasteiger partial charge in [-0.05, 0) is 44.8 Å². The Morgan fingerprint density at radius 2 is 2.25 bits per heavy atom. The molecule has 1 aromatic rings. The van der Waals surface area contributed by atoms with E-state index in [1.165, 1.54) is 11.4 Å². The summed E-state index contributed by atoms with van der Waals surface area (Å²) in [6.45, 7) is 2.87. The van der Waals surface area contributed by atoms with Crippen molar-refractivity contribution in [1.82, 2.24) is 9.62 Å². The van der Waals surface area contributed by atoms with Gasteiger partial charge >= 0.3 is 5.97 Å². The van der Waals surface area contributed by atoms with Crippen molar-refractivity contribution in [3.05, 3.63) is 16.3 Å². The fourth-order valence-electron chi connectivity index (χ4n) is 2.34. The van der Waals surface area contributed by atoms with E-state index in [4.69, 9.17) is 5.11 Å². The van der Waals surface area contributed by atoms with Gasteiger partial charge in [0.05, 0.1) is 0 Å². The van der Waals surface area contributed by atoms with Gasteiger partial charge in [0.1, 0.15) is 9.77 Å². The smallest absolute Gasteiger partial charge is 0.347 e. The van der Waals surface area contributed by atoms with Crippen LogP contribution in [0, 0.1) is 0 Å². The van der Waals surface area contributed by atoms with Crippen LogP contribution in [0.3, 0.4) is 0 Å². The number of sulfonamides is 1. The van der Waals surface area contributed by atoms with Gasteiger partial charge in [0.15, 0.2) is 0 Å². The molecule has 2 heterocycles. The number of carboxylic acid groups (broad SMARTS) is 1. The Morgan fingerprint density at radius 1 is 1.55 bits per heavy atom. The number of nitrogens with one attached hydrogen (secondary N) is 1. The minimum Gasteiger partial charge on any atom is -0.477 e. The largest absolute Gasteiger partial charge is 0.477 e. The molecule has 1 aliphatic rings. The Kier molecular flexibility index (Phi) is 4.48. The molecule has 0 spiro atoms. The minimum absolute atomic E-state index is 0.137. The minimum atomic E-state index is -3.77. The molecule has 0 radical (unpaired) electrons. The highest BCUT2D eigenvalue weighted by Gasteiger charge is 2.29. The lowest BCUT2D eigenvalue weighted by Crippen LogP contribution is -2.47. The molecule has 2 rings (SSSR count). The number of likely N-dealkylation sites (tertiary alicyclic amines) is 1. The maximum Gasteiger partial charge on any atom is 0.347 e. The molecule has 0 amide bonds. The zero-order chi connectivity index (χ0) is 14.9. The van der Waals surface area contributed by atoms with Gasteiger partial charge in [-0.3, -0.25) is 0 Å². The van der Waals surface area contributed by atoms with Crippen molar-refractivity contribution in [2.75, 3.05) is 13.6 Å². The standard InChI is InChI=1S/C12H18N2O4S2/c1-8-7-9(3-5-14(8)2)13-20(17,18)10-4-6-19-11(10)12(15)16/h4,6,8-9,13H,3,5,7H2,1-2H3,(H,15,16). The predicted octanol–water partition coefficient (Wildman–Crippen LogP) is 1.21. The highest BCUT2D eigenvalue weighted by atomic mass is 32.2. The fraction of sp³-hybridized carbons (Fsp3) is 0.583. The lowest BCUT2D eigenvalue weighted by atomic mass is 10.0. The number of carboxylic acids is 1. The van der Waals surface area contributed by atoms with E-state index in [0.29, 0.717) is 6.04 Å². The number of nitrogens with zero attached hydrogens (tertiary/aromatic N) is 1. The Labute approximate surface area is 122 Å². The van der Waals surface area contributed by atoms with Crippen LogP contribution in [-0.4, -0.2) is 50.1 Å². The van der Waals surface area contributed by atoms with Gasteiger partial charge in [0.2, 0.25) is 10.0 Å². The van der Waals surface area contributed by atoms with E-state index in [2.05, 4.69) is 9.62 Å². The van der Waals surface area contributed by atoms with Crippen LogP contribution < -0.4 is 4.72 Å². The molecule has 0 aliphatic carbocycles. The number of hydrogen-bond donors (Lipinski definition) is 2. The Morgan fingerprint density at radius 3 is 2.85 bits per heavy atom. The molecule has 2 atom stereocenters. The van der Waals surface area contributed by atoms with Crippen LogP contribution in [0.2, 0.25) is 0 Å². The lowest BCUT2D eigenvalue weighted by Gasteiger charge is -2.35. The molecule has 1 saturated heterocycles. The Hall–Kier alpha value is -0.960. The number of hydrogen-bond acceptors (Lipinski definition) is 5. The third-order valence-corrected chi connectivity index (χ3v) is 6.24. The number of aromatic carboxylic acids is 1. The van der Waals surface area contributed by atoms with Crippen LogP contribution in [-0.2, 0) is 10.0 Å². The molecule has 2 N–H and O–H groups in total. The predicted molar refractivity (Wildman–Crippen MR) is 76.7 cm³/mol.